The second kappa shape index (κ2) is 6.82. The van der Waals surface area contributed by atoms with Crippen LogP contribution in [0.1, 0.15) is 49.9 Å². The van der Waals surface area contributed by atoms with Crippen LogP contribution < -0.4 is 15.8 Å². The zero-order chi connectivity index (χ0) is 17.3. The van der Waals surface area contributed by atoms with Gasteiger partial charge in [-0.1, -0.05) is 37.6 Å². The number of carbonyl (C=O) groups excluding carboxylic acids is 1. The molecule has 2 aliphatic rings. The first-order valence-electron chi connectivity index (χ1n) is 8.51. The smallest absolute Gasteiger partial charge is 0.226 e. The molecule has 4 N–H and O–H groups in total. The van der Waals surface area contributed by atoms with E-state index in [0.29, 0.717) is 11.5 Å². The van der Waals surface area contributed by atoms with Gasteiger partial charge in [0.15, 0.2) is 0 Å². The molecule has 1 amide bonds. The predicted octanol–water partition coefficient (Wildman–Crippen LogP) is 1.39. The fourth-order valence-corrected chi connectivity index (χ4v) is 4.50. The maximum Gasteiger partial charge on any atom is 0.226 e. The van der Waals surface area contributed by atoms with Gasteiger partial charge in [-0.05, 0) is 36.3 Å². The molecule has 0 spiro atoms. The van der Waals surface area contributed by atoms with Gasteiger partial charge in [0.05, 0.1) is 11.7 Å². The van der Waals surface area contributed by atoms with Gasteiger partial charge >= 0.3 is 0 Å². The van der Waals surface area contributed by atoms with Crippen molar-refractivity contribution in [3.05, 3.63) is 35.4 Å². The quantitative estimate of drug-likeness (QED) is 0.763. The first-order chi connectivity index (χ1) is 11.4. The third-order valence-corrected chi connectivity index (χ3v) is 5.96. The summed E-state index contributed by atoms with van der Waals surface area (Å²) in [6, 6.07) is 7.39. The van der Waals surface area contributed by atoms with Crippen molar-refractivity contribution in [2.75, 3.05) is 0 Å². The second-order valence-electron chi connectivity index (χ2n) is 6.96. The molecule has 0 bridgehead atoms. The highest BCUT2D eigenvalue weighted by Crippen LogP contribution is 2.35. The number of nitrogens with one attached hydrogen (secondary N) is 2. The molecule has 1 aliphatic heterocycles. The molecule has 6 nitrogen and oxygen atoms in total. The van der Waals surface area contributed by atoms with E-state index in [4.69, 9.17) is 5.14 Å². The van der Waals surface area contributed by atoms with Crippen LogP contribution in [0.4, 0.5) is 0 Å². The Morgan fingerprint density at radius 2 is 1.92 bits per heavy atom. The number of benzene rings is 1. The predicted molar refractivity (Wildman–Crippen MR) is 92.2 cm³/mol. The van der Waals surface area contributed by atoms with Gasteiger partial charge in [0.2, 0.25) is 15.9 Å². The van der Waals surface area contributed by atoms with Crippen LogP contribution in [0.2, 0.25) is 0 Å². The highest BCUT2D eigenvalue weighted by molar-refractivity contribution is 7.88. The summed E-state index contributed by atoms with van der Waals surface area (Å²) in [5.41, 5.74) is 1.57. The molecule has 1 aromatic carbocycles. The van der Waals surface area contributed by atoms with Crippen molar-refractivity contribution in [3.8, 4) is 0 Å². The number of fused-ring (bicyclic) bond motifs is 1. The number of nitrogens with two attached hydrogens (primary N) is 1. The number of hydrogen-bond donors (Lipinski definition) is 3. The van der Waals surface area contributed by atoms with E-state index in [1.54, 1.807) is 12.1 Å². The first kappa shape index (κ1) is 17.4. The summed E-state index contributed by atoms with van der Waals surface area (Å²) in [6.45, 7) is 2.19. The molecular formula is C17H25N3O3S. The number of primary sulfonamides is 1. The molecule has 4 unspecified atom stereocenters. The SMILES string of the molecule is CCC1CCC2NC(c3ccc(CS(N)(=O)=O)cc3)NC(=O)C2C1. The maximum absolute atomic E-state index is 12.5. The second-order valence-corrected chi connectivity index (χ2v) is 8.57. The van der Waals surface area contributed by atoms with E-state index in [1.165, 1.54) is 0 Å². The Labute approximate surface area is 143 Å². The lowest BCUT2D eigenvalue weighted by Crippen LogP contribution is -2.58. The number of rotatable bonds is 4. The van der Waals surface area contributed by atoms with Crippen LogP contribution in [0.15, 0.2) is 24.3 Å². The lowest BCUT2D eigenvalue weighted by Gasteiger charge is -2.42. The molecule has 1 saturated carbocycles. The van der Waals surface area contributed by atoms with E-state index in [0.717, 1.165) is 31.2 Å². The van der Waals surface area contributed by atoms with Crippen molar-refractivity contribution >= 4 is 15.9 Å². The molecular weight excluding hydrogens is 326 g/mol. The summed E-state index contributed by atoms with van der Waals surface area (Å²) >= 11 is 0. The van der Waals surface area contributed by atoms with E-state index in [9.17, 15) is 13.2 Å². The van der Waals surface area contributed by atoms with E-state index in [-0.39, 0.29) is 29.8 Å². The van der Waals surface area contributed by atoms with Crippen LogP contribution in [-0.2, 0) is 20.6 Å². The molecule has 0 aromatic heterocycles. The minimum Gasteiger partial charge on any atom is -0.336 e. The largest absolute Gasteiger partial charge is 0.336 e. The standard InChI is InChI=1S/C17H25N3O3S/c1-2-11-5-8-15-14(9-11)17(21)20-16(19-15)13-6-3-12(4-7-13)10-24(18,22)23/h3-4,6-7,11,14-16,19H,2,5,8-10H2,1H3,(H,20,21)(H2,18,22,23). The Bertz CT molecular complexity index is 702. The van der Waals surface area contributed by atoms with Gasteiger partial charge in [0.25, 0.3) is 0 Å². The molecule has 0 radical (unpaired) electrons. The van der Waals surface area contributed by atoms with E-state index in [1.807, 2.05) is 12.1 Å². The van der Waals surface area contributed by atoms with Gasteiger partial charge in [-0.3, -0.25) is 10.1 Å². The summed E-state index contributed by atoms with van der Waals surface area (Å²) in [6.07, 6.45) is 4.06. The molecule has 4 atom stereocenters. The van der Waals surface area contributed by atoms with Crippen molar-refractivity contribution < 1.29 is 13.2 Å². The van der Waals surface area contributed by atoms with Crippen molar-refractivity contribution in [1.82, 2.24) is 10.6 Å². The number of carbonyl (C=O) groups is 1. The molecule has 1 heterocycles. The van der Waals surface area contributed by atoms with Gasteiger partial charge in [-0.15, -0.1) is 0 Å². The monoisotopic (exact) mass is 351 g/mol. The van der Waals surface area contributed by atoms with Crippen molar-refractivity contribution in [1.29, 1.82) is 0 Å². The van der Waals surface area contributed by atoms with Crippen molar-refractivity contribution in [3.63, 3.8) is 0 Å². The Morgan fingerprint density at radius 1 is 1.21 bits per heavy atom. The molecule has 1 aliphatic carbocycles. The van der Waals surface area contributed by atoms with Gasteiger partial charge in [0.1, 0.15) is 6.17 Å². The van der Waals surface area contributed by atoms with Gasteiger partial charge in [-0.25, -0.2) is 13.6 Å². The van der Waals surface area contributed by atoms with Gasteiger partial charge in [-0.2, -0.15) is 0 Å². The lowest BCUT2D eigenvalue weighted by atomic mass is 9.75. The van der Waals surface area contributed by atoms with Gasteiger partial charge in [0, 0.05) is 6.04 Å². The summed E-state index contributed by atoms with van der Waals surface area (Å²) in [5, 5.41) is 11.7. The third kappa shape index (κ3) is 3.96. The van der Waals surface area contributed by atoms with Crippen molar-refractivity contribution in [2.45, 2.75) is 50.6 Å². The van der Waals surface area contributed by atoms with E-state index < -0.39 is 10.0 Å². The minimum atomic E-state index is -3.53. The van der Waals surface area contributed by atoms with Crippen LogP contribution in [0.3, 0.4) is 0 Å². The molecule has 1 aromatic rings. The zero-order valence-electron chi connectivity index (χ0n) is 13.9. The highest BCUT2D eigenvalue weighted by atomic mass is 32.2. The Kier molecular flexibility index (Phi) is 4.94. The normalized spacial score (nSPS) is 30.5. The number of sulfonamides is 1. The molecule has 3 rings (SSSR count). The first-order valence-corrected chi connectivity index (χ1v) is 10.2. The summed E-state index contributed by atoms with van der Waals surface area (Å²) in [7, 11) is -3.53. The fourth-order valence-electron chi connectivity index (χ4n) is 3.84. The summed E-state index contributed by atoms with van der Waals surface area (Å²) in [4.78, 5) is 12.5. The van der Waals surface area contributed by atoms with E-state index in [2.05, 4.69) is 17.6 Å². The van der Waals surface area contributed by atoms with Crippen molar-refractivity contribution in [2.24, 2.45) is 17.0 Å². The Hall–Kier alpha value is -1.44. The average molecular weight is 351 g/mol. The molecule has 24 heavy (non-hydrogen) atoms. The van der Waals surface area contributed by atoms with Crippen LogP contribution in [0.5, 0.6) is 0 Å². The highest BCUT2D eigenvalue weighted by Gasteiger charge is 2.40. The Balaban J connectivity index is 1.69. The Morgan fingerprint density at radius 3 is 2.54 bits per heavy atom. The molecule has 1 saturated heterocycles. The summed E-state index contributed by atoms with van der Waals surface area (Å²) < 4.78 is 22.3. The number of hydrogen-bond acceptors (Lipinski definition) is 4. The zero-order valence-corrected chi connectivity index (χ0v) is 14.7. The molecule has 7 heteroatoms. The van der Waals surface area contributed by atoms with E-state index >= 15 is 0 Å². The van der Waals surface area contributed by atoms with Crippen LogP contribution in [0.25, 0.3) is 0 Å². The van der Waals surface area contributed by atoms with Gasteiger partial charge < -0.3 is 5.32 Å². The maximum atomic E-state index is 12.5. The minimum absolute atomic E-state index is 0.0570. The summed E-state index contributed by atoms with van der Waals surface area (Å²) in [5.74, 6) is 0.644. The van der Waals surface area contributed by atoms with Crippen LogP contribution in [-0.4, -0.2) is 20.4 Å². The molecule has 132 valence electrons. The average Bonchev–Trinajstić information content (AvgIpc) is 2.53. The molecule has 2 fully saturated rings. The lowest BCUT2D eigenvalue weighted by molar-refractivity contribution is -0.131. The third-order valence-electron chi connectivity index (χ3n) is 5.22. The van der Waals surface area contributed by atoms with Crippen LogP contribution in [0, 0.1) is 11.8 Å². The topological polar surface area (TPSA) is 101 Å². The van der Waals surface area contributed by atoms with Crippen LogP contribution >= 0.6 is 0 Å². The fraction of sp³-hybridized carbons (Fsp3) is 0.588. The number of amides is 1.